The molecule has 0 bridgehead atoms. The van der Waals surface area contributed by atoms with E-state index < -0.39 is 10.0 Å². The second-order valence-electron chi connectivity index (χ2n) is 6.48. The fraction of sp³-hybridized carbons (Fsp3) is 0.316. The number of hydrogen-bond acceptors (Lipinski definition) is 3. The van der Waals surface area contributed by atoms with Crippen molar-refractivity contribution in [2.75, 3.05) is 0 Å². The maximum Gasteiger partial charge on any atom is 0.251 e. The van der Waals surface area contributed by atoms with Crippen LogP contribution in [-0.4, -0.2) is 20.4 Å². The molecule has 2 N–H and O–H groups in total. The van der Waals surface area contributed by atoms with E-state index in [-0.39, 0.29) is 22.9 Å². The van der Waals surface area contributed by atoms with Crippen LogP contribution < -0.4 is 10.0 Å². The monoisotopic (exact) mass is 358 g/mol. The fourth-order valence-electron chi connectivity index (χ4n) is 2.72. The number of nitrogens with one attached hydrogen (secondary N) is 2. The Labute approximate surface area is 148 Å². The van der Waals surface area contributed by atoms with Gasteiger partial charge in [-0.2, -0.15) is 0 Å². The van der Waals surface area contributed by atoms with Crippen molar-refractivity contribution in [1.29, 1.82) is 0 Å². The normalized spacial score (nSPS) is 15.6. The summed E-state index contributed by atoms with van der Waals surface area (Å²) in [7, 11) is -3.57. The molecule has 1 amide bonds. The molecule has 132 valence electrons. The maximum atomic E-state index is 12.5. The molecule has 2 aromatic carbocycles. The first-order chi connectivity index (χ1) is 11.9. The molecule has 0 heterocycles. The molecule has 1 atom stereocenters. The minimum Gasteiger partial charge on any atom is -0.346 e. The van der Waals surface area contributed by atoms with Crippen molar-refractivity contribution in [3.8, 4) is 0 Å². The van der Waals surface area contributed by atoms with Crippen LogP contribution in [0.15, 0.2) is 53.4 Å². The molecule has 25 heavy (non-hydrogen) atoms. The third kappa shape index (κ3) is 4.27. The van der Waals surface area contributed by atoms with Crippen LogP contribution in [0.25, 0.3) is 0 Å². The van der Waals surface area contributed by atoms with E-state index in [0.717, 1.165) is 24.0 Å². The Bertz CT molecular complexity index is 889. The highest BCUT2D eigenvalue weighted by Gasteiger charge is 2.28. The largest absolute Gasteiger partial charge is 0.346 e. The van der Waals surface area contributed by atoms with E-state index in [0.29, 0.717) is 5.56 Å². The molecule has 1 saturated carbocycles. The van der Waals surface area contributed by atoms with Gasteiger partial charge in [0.05, 0.1) is 10.9 Å². The highest BCUT2D eigenvalue weighted by Crippen LogP contribution is 2.23. The summed E-state index contributed by atoms with van der Waals surface area (Å²) in [4.78, 5) is 12.6. The van der Waals surface area contributed by atoms with Crippen molar-refractivity contribution < 1.29 is 13.2 Å². The van der Waals surface area contributed by atoms with Gasteiger partial charge >= 0.3 is 0 Å². The van der Waals surface area contributed by atoms with E-state index in [1.165, 1.54) is 12.1 Å². The molecule has 0 radical (unpaired) electrons. The van der Waals surface area contributed by atoms with Crippen LogP contribution in [0.4, 0.5) is 0 Å². The molecule has 0 aromatic heterocycles. The van der Waals surface area contributed by atoms with E-state index in [2.05, 4.69) is 10.0 Å². The Morgan fingerprint density at radius 2 is 1.84 bits per heavy atom. The number of amides is 1. The highest BCUT2D eigenvalue weighted by atomic mass is 32.2. The van der Waals surface area contributed by atoms with Crippen molar-refractivity contribution in [2.45, 2.75) is 43.7 Å². The summed E-state index contributed by atoms with van der Waals surface area (Å²) in [6, 6.07) is 13.9. The third-order valence-corrected chi connectivity index (χ3v) is 5.83. The molecule has 6 heteroatoms. The average molecular weight is 358 g/mol. The first-order valence-corrected chi connectivity index (χ1v) is 9.84. The van der Waals surface area contributed by atoms with Gasteiger partial charge in [-0.1, -0.05) is 30.3 Å². The summed E-state index contributed by atoms with van der Waals surface area (Å²) in [5.74, 6) is -0.292. The molecule has 1 fully saturated rings. The van der Waals surface area contributed by atoms with Crippen molar-refractivity contribution in [1.82, 2.24) is 10.0 Å². The number of sulfonamides is 1. The Balaban J connectivity index is 1.76. The Morgan fingerprint density at radius 3 is 2.52 bits per heavy atom. The van der Waals surface area contributed by atoms with Crippen LogP contribution >= 0.6 is 0 Å². The van der Waals surface area contributed by atoms with Gasteiger partial charge in [0, 0.05) is 11.6 Å². The first kappa shape index (κ1) is 17.6. The van der Waals surface area contributed by atoms with E-state index >= 15 is 0 Å². The Hall–Kier alpha value is -2.18. The number of benzene rings is 2. The Morgan fingerprint density at radius 1 is 1.12 bits per heavy atom. The standard InChI is InChI=1S/C19H22N2O3S/c1-13-6-3-4-9-18(13)14(2)20-19(22)15-7-5-8-17(12-15)25(23,24)21-16-10-11-16/h3-9,12,14,16,21H,10-11H2,1-2H3,(H,20,22)/t14-/m1/s1. The van der Waals surface area contributed by atoms with Crippen LogP contribution in [0.1, 0.15) is 47.3 Å². The highest BCUT2D eigenvalue weighted by molar-refractivity contribution is 7.89. The average Bonchev–Trinajstić information content (AvgIpc) is 3.38. The minimum absolute atomic E-state index is 0.0311. The third-order valence-electron chi connectivity index (χ3n) is 4.31. The Kier molecular flexibility index (Phi) is 4.92. The molecule has 3 rings (SSSR count). The molecule has 0 spiro atoms. The number of aryl methyl sites for hydroxylation is 1. The van der Waals surface area contributed by atoms with Crippen LogP contribution in [0.5, 0.6) is 0 Å². The fourth-order valence-corrected chi connectivity index (χ4v) is 4.07. The molecule has 0 aliphatic heterocycles. The van der Waals surface area contributed by atoms with E-state index in [4.69, 9.17) is 0 Å². The lowest BCUT2D eigenvalue weighted by atomic mass is 10.0. The van der Waals surface area contributed by atoms with E-state index in [1.807, 2.05) is 38.1 Å². The van der Waals surface area contributed by atoms with Crippen molar-refractivity contribution >= 4 is 15.9 Å². The maximum absolute atomic E-state index is 12.5. The van der Waals surface area contributed by atoms with Gasteiger partial charge in [0.1, 0.15) is 0 Å². The van der Waals surface area contributed by atoms with E-state index in [1.54, 1.807) is 12.1 Å². The van der Waals surface area contributed by atoms with Crippen LogP contribution in [-0.2, 0) is 10.0 Å². The topological polar surface area (TPSA) is 75.3 Å². The molecule has 2 aromatic rings. The van der Waals surface area contributed by atoms with Gasteiger partial charge in [-0.15, -0.1) is 0 Å². The lowest BCUT2D eigenvalue weighted by molar-refractivity contribution is 0.0939. The number of rotatable bonds is 6. The summed E-state index contributed by atoms with van der Waals surface area (Å²) in [6.45, 7) is 3.91. The minimum atomic E-state index is -3.57. The lowest BCUT2D eigenvalue weighted by Gasteiger charge is -2.17. The summed E-state index contributed by atoms with van der Waals surface area (Å²) < 4.78 is 27.2. The molecule has 0 saturated heterocycles. The summed E-state index contributed by atoms with van der Waals surface area (Å²) >= 11 is 0. The van der Waals surface area contributed by atoms with Gasteiger partial charge < -0.3 is 5.32 Å². The molecular weight excluding hydrogens is 336 g/mol. The van der Waals surface area contributed by atoms with Gasteiger partial charge in [0.25, 0.3) is 5.91 Å². The second kappa shape index (κ2) is 6.98. The van der Waals surface area contributed by atoms with Gasteiger partial charge in [0.2, 0.25) is 10.0 Å². The van der Waals surface area contributed by atoms with E-state index in [9.17, 15) is 13.2 Å². The van der Waals surface area contributed by atoms with Gasteiger partial charge in [-0.25, -0.2) is 13.1 Å². The predicted molar refractivity (Wildman–Crippen MR) is 96.8 cm³/mol. The lowest BCUT2D eigenvalue weighted by Crippen LogP contribution is -2.28. The number of carbonyl (C=O) groups is 1. The van der Waals surface area contributed by atoms with Gasteiger partial charge in [-0.3, -0.25) is 4.79 Å². The van der Waals surface area contributed by atoms with Gasteiger partial charge in [0.15, 0.2) is 0 Å². The molecule has 5 nitrogen and oxygen atoms in total. The second-order valence-corrected chi connectivity index (χ2v) is 8.19. The summed E-state index contributed by atoms with van der Waals surface area (Å²) in [5, 5.41) is 2.93. The zero-order chi connectivity index (χ0) is 18.0. The molecule has 1 aliphatic carbocycles. The first-order valence-electron chi connectivity index (χ1n) is 8.35. The predicted octanol–water partition coefficient (Wildman–Crippen LogP) is 2.93. The van der Waals surface area contributed by atoms with Crippen LogP contribution in [0.3, 0.4) is 0 Å². The zero-order valence-corrected chi connectivity index (χ0v) is 15.1. The van der Waals surface area contributed by atoms with Crippen molar-refractivity contribution in [2.24, 2.45) is 0 Å². The summed E-state index contributed by atoms with van der Waals surface area (Å²) in [6.07, 6.45) is 1.74. The van der Waals surface area contributed by atoms with Crippen molar-refractivity contribution in [3.63, 3.8) is 0 Å². The molecule has 0 unspecified atom stereocenters. The zero-order valence-electron chi connectivity index (χ0n) is 14.3. The molecular formula is C19H22N2O3S. The molecule has 1 aliphatic rings. The number of carbonyl (C=O) groups excluding carboxylic acids is 1. The van der Waals surface area contributed by atoms with Gasteiger partial charge in [-0.05, 0) is 56.0 Å². The SMILES string of the molecule is Cc1ccccc1[C@@H](C)NC(=O)c1cccc(S(=O)(=O)NC2CC2)c1. The van der Waals surface area contributed by atoms with Crippen LogP contribution in [0.2, 0.25) is 0 Å². The quantitative estimate of drug-likeness (QED) is 0.834. The van der Waals surface area contributed by atoms with Crippen LogP contribution in [0, 0.1) is 6.92 Å². The summed E-state index contributed by atoms with van der Waals surface area (Å²) in [5.41, 5.74) is 2.47. The smallest absolute Gasteiger partial charge is 0.251 e. The number of hydrogen-bond donors (Lipinski definition) is 2. The van der Waals surface area contributed by atoms with Crippen molar-refractivity contribution in [3.05, 3.63) is 65.2 Å².